The Morgan fingerprint density at radius 1 is 1.33 bits per heavy atom. The van der Waals surface area contributed by atoms with Gasteiger partial charge in [-0.2, -0.15) is 0 Å². The molecular formula is C13H17N2+. The third-order valence-corrected chi connectivity index (χ3v) is 2.91. The highest BCUT2D eigenvalue weighted by molar-refractivity contribution is 5.72. The molecule has 2 nitrogen and oxygen atoms in total. The zero-order valence-electron chi connectivity index (χ0n) is 9.57. The zero-order valence-corrected chi connectivity index (χ0v) is 9.57. The average Bonchev–Trinajstić information content (AvgIpc) is 2.51. The van der Waals surface area contributed by atoms with Gasteiger partial charge in [-0.3, -0.25) is 0 Å². The number of aromatic nitrogens is 2. The summed E-state index contributed by atoms with van der Waals surface area (Å²) in [5, 5.41) is 0. The van der Waals surface area contributed by atoms with Gasteiger partial charge in [-0.05, 0) is 19.1 Å². The molecule has 1 aromatic carbocycles. The third kappa shape index (κ3) is 1.56. The van der Waals surface area contributed by atoms with E-state index in [1.54, 1.807) is 0 Å². The van der Waals surface area contributed by atoms with Gasteiger partial charge in [0, 0.05) is 0 Å². The Kier molecular flexibility index (Phi) is 2.58. The predicted molar refractivity (Wildman–Crippen MR) is 62.6 cm³/mol. The highest BCUT2D eigenvalue weighted by Crippen LogP contribution is 2.12. The second kappa shape index (κ2) is 3.89. The summed E-state index contributed by atoms with van der Waals surface area (Å²) >= 11 is 0. The minimum Gasteiger partial charge on any atom is -0.230 e. The third-order valence-electron chi connectivity index (χ3n) is 2.91. The first-order chi connectivity index (χ1) is 7.25. The quantitative estimate of drug-likeness (QED) is 0.520. The van der Waals surface area contributed by atoms with Gasteiger partial charge in [0.25, 0.3) is 5.82 Å². The number of allylic oxidation sites excluding steroid dienone is 2. The molecule has 0 aliphatic heterocycles. The van der Waals surface area contributed by atoms with Crippen LogP contribution in [-0.2, 0) is 20.5 Å². The first-order valence-electron chi connectivity index (χ1n) is 5.29. The highest BCUT2D eigenvalue weighted by Gasteiger charge is 2.17. The Bertz CT molecular complexity index is 467. The molecule has 0 atom stereocenters. The van der Waals surface area contributed by atoms with Gasteiger partial charge >= 0.3 is 0 Å². The second-order valence-corrected chi connectivity index (χ2v) is 3.80. The molecule has 0 saturated heterocycles. The molecule has 1 heterocycles. The normalized spacial score (nSPS) is 11.7. The van der Waals surface area contributed by atoms with E-state index < -0.39 is 0 Å². The minimum atomic E-state index is 0.984. The predicted octanol–water partition coefficient (Wildman–Crippen LogP) is 2.12. The summed E-state index contributed by atoms with van der Waals surface area (Å²) in [7, 11) is 4.25. The molecule has 15 heavy (non-hydrogen) atoms. The molecule has 0 radical (unpaired) electrons. The van der Waals surface area contributed by atoms with Crippen molar-refractivity contribution in [3.8, 4) is 0 Å². The van der Waals surface area contributed by atoms with Crippen molar-refractivity contribution in [3.63, 3.8) is 0 Å². The second-order valence-electron chi connectivity index (χ2n) is 3.80. The van der Waals surface area contributed by atoms with E-state index >= 15 is 0 Å². The summed E-state index contributed by atoms with van der Waals surface area (Å²) in [5.41, 5.74) is 2.58. The number of aryl methyl sites for hydroxylation is 2. The molecular weight excluding hydrogens is 184 g/mol. The number of fused-ring (bicyclic) bond motifs is 1. The van der Waals surface area contributed by atoms with Crippen LogP contribution in [0.25, 0.3) is 11.0 Å². The Balaban J connectivity index is 2.64. The highest BCUT2D eigenvalue weighted by atomic mass is 15.1. The maximum Gasteiger partial charge on any atom is 0.260 e. The molecule has 0 unspecified atom stereocenters. The molecule has 0 aliphatic carbocycles. The Hall–Kier alpha value is -1.57. The standard InChI is InChI=1S/C13H17N2/c1-4-5-10-13-14(2)11-8-6-7-9-12(11)15(13)3/h4-9H,10H2,1-3H3/q+1/b5-4+. The topological polar surface area (TPSA) is 8.81 Å². The number of hydrogen-bond donors (Lipinski definition) is 0. The summed E-state index contributed by atoms with van der Waals surface area (Å²) < 4.78 is 4.52. The Morgan fingerprint density at radius 3 is 2.73 bits per heavy atom. The molecule has 0 aliphatic rings. The van der Waals surface area contributed by atoms with Crippen LogP contribution in [0.1, 0.15) is 12.7 Å². The molecule has 2 heteroatoms. The van der Waals surface area contributed by atoms with Crippen molar-refractivity contribution in [1.29, 1.82) is 0 Å². The van der Waals surface area contributed by atoms with Crippen LogP contribution in [0.15, 0.2) is 36.4 Å². The molecule has 78 valence electrons. The van der Waals surface area contributed by atoms with Gasteiger partial charge in [0.05, 0.1) is 20.5 Å². The van der Waals surface area contributed by atoms with Gasteiger partial charge in [0.1, 0.15) is 0 Å². The summed E-state index contributed by atoms with van der Waals surface area (Å²) in [5.74, 6) is 1.33. The van der Waals surface area contributed by atoms with Gasteiger partial charge in [0.2, 0.25) is 0 Å². The fraction of sp³-hybridized carbons (Fsp3) is 0.308. The number of hydrogen-bond acceptors (Lipinski definition) is 0. The molecule has 0 amide bonds. The van der Waals surface area contributed by atoms with Gasteiger partial charge < -0.3 is 0 Å². The van der Waals surface area contributed by atoms with E-state index in [-0.39, 0.29) is 0 Å². The summed E-state index contributed by atoms with van der Waals surface area (Å²) in [6.07, 6.45) is 5.27. The van der Waals surface area contributed by atoms with Crippen LogP contribution < -0.4 is 4.57 Å². The maximum atomic E-state index is 2.26. The van der Waals surface area contributed by atoms with Crippen molar-refractivity contribution < 1.29 is 4.57 Å². The molecule has 0 spiro atoms. The fourth-order valence-corrected chi connectivity index (χ4v) is 2.03. The lowest BCUT2D eigenvalue weighted by atomic mass is 10.3. The van der Waals surface area contributed by atoms with E-state index in [9.17, 15) is 0 Å². The summed E-state index contributed by atoms with van der Waals surface area (Å²) in [4.78, 5) is 0. The monoisotopic (exact) mass is 201 g/mol. The van der Waals surface area contributed by atoms with Gasteiger partial charge in [0.15, 0.2) is 11.0 Å². The number of benzene rings is 1. The number of para-hydroxylation sites is 2. The van der Waals surface area contributed by atoms with E-state index in [0.29, 0.717) is 0 Å². The van der Waals surface area contributed by atoms with Gasteiger partial charge in [-0.25, -0.2) is 9.13 Å². The zero-order chi connectivity index (χ0) is 10.8. The lowest BCUT2D eigenvalue weighted by Crippen LogP contribution is -2.32. The van der Waals surface area contributed by atoms with Gasteiger partial charge in [-0.15, -0.1) is 0 Å². The molecule has 2 aromatic rings. The van der Waals surface area contributed by atoms with Crippen LogP contribution in [0.5, 0.6) is 0 Å². The first-order valence-corrected chi connectivity index (χ1v) is 5.29. The van der Waals surface area contributed by atoms with E-state index in [0.717, 1.165) is 6.42 Å². The van der Waals surface area contributed by atoms with Crippen molar-refractivity contribution in [3.05, 3.63) is 42.2 Å². The molecule has 0 saturated carbocycles. The molecule has 0 bridgehead atoms. The first kappa shape index (κ1) is 9.97. The van der Waals surface area contributed by atoms with E-state index in [1.807, 2.05) is 0 Å². The van der Waals surface area contributed by atoms with Crippen LogP contribution in [0, 0.1) is 0 Å². The Labute approximate surface area is 90.5 Å². The summed E-state index contributed by atoms with van der Waals surface area (Å²) in [6.45, 7) is 2.06. The lowest BCUT2D eigenvalue weighted by molar-refractivity contribution is -0.653. The molecule has 2 rings (SSSR count). The van der Waals surface area contributed by atoms with Crippen LogP contribution in [-0.4, -0.2) is 4.57 Å². The van der Waals surface area contributed by atoms with Crippen LogP contribution in [0.4, 0.5) is 0 Å². The van der Waals surface area contributed by atoms with Crippen molar-refractivity contribution in [2.45, 2.75) is 13.3 Å². The number of rotatable bonds is 2. The average molecular weight is 201 g/mol. The van der Waals surface area contributed by atoms with Crippen LogP contribution in [0.3, 0.4) is 0 Å². The fourth-order valence-electron chi connectivity index (χ4n) is 2.03. The smallest absolute Gasteiger partial charge is 0.230 e. The lowest BCUT2D eigenvalue weighted by Gasteiger charge is -1.93. The molecule has 1 aromatic heterocycles. The van der Waals surface area contributed by atoms with Crippen LogP contribution >= 0.6 is 0 Å². The van der Waals surface area contributed by atoms with Gasteiger partial charge in [-0.1, -0.05) is 24.3 Å². The van der Waals surface area contributed by atoms with Crippen molar-refractivity contribution in [2.75, 3.05) is 0 Å². The van der Waals surface area contributed by atoms with Crippen molar-refractivity contribution in [1.82, 2.24) is 4.57 Å². The summed E-state index contributed by atoms with van der Waals surface area (Å²) in [6, 6.07) is 8.49. The van der Waals surface area contributed by atoms with Crippen molar-refractivity contribution in [2.24, 2.45) is 14.1 Å². The van der Waals surface area contributed by atoms with E-state index in [2.05, 4.69) is 66.6 Å². The Morgan fingerprint density at radius 2 is 2.07 bits per heavy atom. The largest absolute Gasteiger partial charge is 0.260 e. The number of imidazole rings is 1. The van der Waals surface area contributed by atoms with Crippen molar-refractivity contribution >= 4 is 11.0 Å². The van der Waals surface area contributed by atoms with E-state index in [4.69, 9.17) is 0 Å². The molecule has 0 fully saturated rings. The van der Waals surface area contributed by atoms with Crippen LogP contribution in [0.2, 0.25) is 0 Å². The number of nitrogens with zero attached hydrogens (tertiary/aromatic N) is 2. The maximum absolute atomic E-state index is 2.26. The SMILES string of the molecule is C/C=C/Cc1n(C)c2ccccc2[n+]1C. The minimum absolute atomic E-state index is 0.984. The van der Waals surface area contributed by atoms with E-state index in [1.165, 1.54) is 16.9 Å². The molecule has 0 N–H and O–H groups in total.